The van der Waals surface area contributed by atoms with Crippen molar-refractivity contribution >= 4 is 17.9 Å². The van der Waals surface area contributed by atoms with Crippen molar-refractivity contribution in [2.24, 2.45) is 0 Å². The van der Waals surface area contributed by atoms with Gasteiger partial charge in [-0.1, -0.05) is 239 Å². The van der Waals surface area contributed by atoms with Gasteiger partial charge in [0.05, 0.1) is 0 Å². The zero-order valence-corrected chi connectivity index (χ0v) is 39.6. The second-order valence-corrected chi connectivity index (χ2v) is 15.9. The molecule has 0 N–H and O–H groups in total. The zero-order chi connectivity index (χ0) is 45.1. The summed E-state index contributed by atoms with van der Waals surface area (Å²) >= 11 is 0. The van der Waals surface area contributed by atoms with Crippen molar-refractivity contribution in [2.45, 2.75) is 200 Å². The Morgan fingerprint density at radius 3 is 1.00 bits per heavy atom. The van der Waals surface area contributed by atoms with Crippen LogP contribution in [-0.4, -0.2) is 37.2 Å². The first kappa shape index (κ1) is 57.8. The minimum absolute atomic E-state index is 0.104. The van der Waals surface area contributed by atoms with Crippen molar-refractivity contribution in [3.8, 4) is 0 Å². The summed E-state index contributed by atoms with van der Waals surface area (Å²) in [7, 11) is 0. The molecule has 0 rings (SSSR count). The standard InChI is InChI=1S/C56H88O6/c1-4-7-10-13-16-19-22-25-26-27-28-29-30-32-34-37-40-43-46-49-55(58)61-52-53(51-60-54(57)48-45-42-39-36-33-24-21-18-15-12-9-6-3)62-56(59)50-47-44-41-38-35-31-23-20-17-14-11-8-5-2/h7-8,10-11,13-14,16-17,19-20,22-23,25-30,32,34,53H,4-6,9,12,15,18,21,24,31,33,35-52H2,1-3H3/b10-7-,11-8-,16-13-,17-14-,22-19-,23-20-,26-25-,28-27+,30-29-,34-32-. The quantitative estimate of drug-likeness (QED) is 0.0263. The Morgan fingerprint density at radius 2 is 0.629 bits per heavy atom. The van der Waals surface area contributed by atoms with Crippen LogP contribution in [-0.2, 0) is 28.6 Å². The van der Waals surface area contributed by atoms with Crippen molar-refractivity contribution in [2.75, 3.05) is 13.2 Å². The van der Waals surface area contributed by atoms with E-state index in [1.165, 1.54) is 57.8 Å². The second kappa shape index (κ2) is 49.5. The maximum atomic E-state index is 12.8. The lowest BCUT2D eigenvalue weighted by Gasteiger charge is -2.18. The van der Waals surface area contributed by atoms with Gasteiger partial charge in [-0.15, -0.1) is 0 Å². The van der Waals surface area contributed by atoms with E-state index < -0.39 is 6.10 Å². The van der Waals surface area contributed by atoms with E-state index in [0.29, 0.717) is 19.3 Å². The molecule has 0 aromatic carbocycles. The zero-order valence-electron chi connectivity index (χ0n) is 39.6. The first-order valence-corrected chi connectivity index (χ1v) is 24.7. The van der Waals surface area contributed by atoms with Crippen LogP contribution in [0.4, 0.5) is 0 Å². The lowest BCUT2D eigenvalue weighted by atomic mass is 10.0. The summed E-state index contributed by atoms with van der Waals surface area (Å²) in [5.41, 5.74) is 0. The highest BCUT2D eigenvalue weighted by molar-refractivity contribution is 5.71. The first-order valence-electron chi connectivity index (χ1n) is 24.7. The van der Waals surface area contributed by atoms with Crippen LogP contribution in [0.3, 0.4) is 0 Å². The number of ether oxygens (including phenoxy) is 3. The summed E-state index contributed by atoms with van der Waals surface area (Å²) < 4.78 is 16.7. The fraction of sp³-hybridized carbons (Fsp3) is 0.589. The first-order chi connectivity index (χ1) is 30.5. The number of hydrogen-bond donors (Lipinski definition) is 0. The lowest BCUT2D eigenvalue weighted by Crippen LogP contribution is -2.30. The van der Waals surface area contributed by atoms with Gasteiger partial charge in [-0.3, -0.25) is 14.4 Å². The summed E-state index contributed by atoms with van der Waals surface area (Å²) in [6.07, 6.45) is 67.4. The summed E-state index contributed by atoms with van der Waals surface area (Å²) in [5, 5.41) is 0. The Morgan fingerprint density at radius 1 is 0.339 bits per heavy atom. The number of carbonyl (C=O) groups excluding carboxylic acids is 3. The average Bonchev–Trinajstić information content (AvgIpc) is 3.27. The van der Waals surface area contributed by atoms with Crippen LogP contribution in [0.15, 0.2) is 122 Å². The van der Waals surface area contributed by atoms with Crippen molar-refractivity contribution in [3.05, 3.63) is 122 Å². The Hall–Kier alpha value is -4.19. The van der Waals surface area contributed by atoms with Crippen molar-refractivity contribution < 1.29 is 28.6 Å². The minimum Gasteiger partial charge on any atom is -0.462 e. The van der Waals surface area contributed by atoms with Crippen LogP contribution >= 0.6 is 0 Å². The van der Waals surface area contributed by atoms with Gasteiger partial charge in [-0.25, -0.2) is 0 Å². The molecule has 0 aromatic heterocycles. The second-order valence-electron chi connectivity index (χ2n) is 15.9. The molecule has 0 saturated heterocycles. The van der Waals surface area contributed by atoms with Crippen molar-refractivity contribution in [1.82, 2.24) is 0 Å². The molecule has 0 saturated carbocycles. The van der Waals surface area contributed by atoms with Gasteiger partial charge in [-0.05, 0) is 57.8 Å². The molecule has 6 nitrogen and oxygen atoms in total. The smallest absolute Gasteiger partial charge is 0.306 e. The highest BCUT2D eigenvalue weighted by Gasteiger charge is 2.19. The molecule has 0 aliphatic heterocycles. The summed E-state index contributed by atoms with van der Waals surface area (Å²) in [5.74, 6) is -0.980. The molecule has 0 amide bonds. The molecule has 1 atom stereocenters. The van der Waals surface area contributed by atoms with Gasteiger partial charge in [0.2, 0.25) is 0 Å². The molecule has 348 valence electrons. The maximum absolute atomic E-state index is 12.8. The van der Waals surface area contributed by atoms with Gasteiger partial charge >= 0.3 is 17.9 Å². The molecule has 62 heavy (non-hydrogen) atoms. The van der Waals surface area contributed by atoms with Crippen LogP contribution in [0.25, 0.3) is 0 Å². The van der Waals surface area contributed by atoms with Crippen LogP contribution < -0.4 is 0 Å². The van der Waals surface area contributed by atoms with E-state index in [0.717, 1.165) is 96.3 Å². The van der Waals surface area contributed by atoms with E-state index in [9.17, 15) is 14.4 Å². The Labute approximate surface area is 380 Å². The van der Waals surface area contributed by atoms with Gasteiger partial charge in [-0.2, -0.15) is 0 Å². The van der Waals surface area contributed by atoms with Gasteiger partial charge in [0, 0.05) is 19.3 Å². The molecule has 0 spiro atoms. The fourth-order valence-corrected chi connectivity index (χ4v) is 6.31. The van der Waals surface area contributed by atoms with Crippen LogP contribution in [0.2, 0.25) is 0 Å². The molecule has 0 aromatic rings. The Balaban J connectivity index is 4.53. The molecular formula is C56H88O6. The number of hydrogen-bond acceptors (Lipinski definition) is 6. The van der Waals surface area contributed by atoms with E-state index in [1.54, 1.807) is 0 Å². The summed E-state index contributed by atoms with van der Waals surface area (Å²) in [6.45, 7) is 6.28. The molecule has 0 heterocycles. The van der Waals surface area contributed by atoms with Crippen LogP contribution in [0.5, 0.6) is 0 Å². The van der Waals surface area contributed by atoms with Crippen molar-refractivity contribution in [3.63, 3.8) is 0 Å². The van der Waals surface area contributed by atoms with E-state index >= 15 is 0 Å². The van der Waals surface area contributed by atoms with Gasteiger partial charge < -0.3 is 14.2 Å². The number of allylic oxidation sites excluding steroid dienone is 20. The van der Waals surface area contributed by atoms with Gasteiger partial charge in [0.25, 0.3) is 0 Å². The van der Waals surface area contributed by atoms with E-state index in [2.05, 4.69) is 63.3 Å². The number of carbonyl (C=O) groups is 3. The Kier molecular flexibility index (Phi) is 46.1. The molecular weight excluding hydrogens is 769 g/mol. The number of rotatable bonds is 42. The SMILES string of the molecule is CC\C=C/C=C\C=C/C=C\C=C\C=C/C=C\CCCCCC(=O)OCC(COC(=O)CCCCCCCCCCCCCC)OC(=O)CCCCCCC\C=C/C=C\C=C/CC. The van der Waals surface area contributed by atoms with Gasteiger partial charge in [0.15, 0.2) is 6.10 Å². The normalized spacial score (nSPS) is 13.1. The predicted molar refractivity (Wildman–Crippen MR) is 265 cm³/mol. The third-order valence-electron chi connectivity index (χ3n) is 9.97. The molecule has 1 unspecified atom stereocenters. The molecule has 0 bridgehead atoms. The predicted octanol–water partition coefficient (Wildman–Crippen LogP) is 16.1. The molecule has 0 radical (unpaired) electrons. The molecule has 0 aliphatic carbocycles. The molecule has 6 heteroatoms. The minimum atomic E-state index is -0.808. The number of esters is 3. The third kappa shape index (κ3) is 46.9. The fourth-order valence-electron chi connectivity index (χ4n) is 6.31. The monoisotopic (exact) mass is 857 g/mol. The maximum Gasteiger partial charge on any atom is 0.306 e. The van der Waals surface area contributed by atoms with E-state index in [1.807, 2.05) is 79.0 Å². The number of unbranched alkanes of at least 4 members (excludes halogenated alkanes) is 19. The Bertz CT molecular complexity index is 1350. The lowest BCUT2D eigenvalue weighted by molar-refractivity contribution is -0.167. The summed E-state index contributed by atoms with van der Waals surface area (Å²) in [4.78, 5) is 37.9. The third-order valence-corrected chi connectivity index (χ3v) is 9.97. The highest BCUT2D eigenvalue weighted by atomic mass is 16.6. The van der Waals surface area contributed by atoms with Gasteiger partial charge in [0.1, 0.15) is 13.2 Å². The molecule has 0 fully saturated rings. The van der Waals surface area contributed by atoms with E-state index in [-0.39, 0.29) is 31.1 Å². The van der Waals surface area contributed by atoms with Crippen LogP contribution in [0, 0.1) is 0 Å². The largest absolute Gasteiger partial charge is 0.462 e. The van der Waals surface area contributed by atoms with E-state index in [4.69, 9.17) is 14.2 Å². The topological polar surface area (TPSA) is 78.9 Å². The van der Waals surface area contributed by atoms with Crippen LogP contribution in [0.1, 0.15) is 194 Å². The highest BCUT2D eigenvalue weighted by Crippen LogP contribution is 2.14. The average molecular weight is 857 g/mol. The summed E-state index contributed by atoms with van der Waals surface area (Å²) in [6, 6.07) is 0. The van der Waals surface area contributed by atoms with Crippen molar-refractivity contribution in [1.29, 1.82) is 0 Å². The molecule has 0 aliphatic rings.